The average Bonchev–Trinajstić information content (AvgIpc) is 3.69. The van der Waals surface area contributed by atoms with E-state index in [4.69, 9.17) is 4.52 Å². The van der Waals surface area contributed by atoms with Crippen molar-refractivity contribution < 1.29 is 55.2 Å². The number of hydrogen-bond donors (Lipinski definition) is 3. The Morgan fingerprint density at radius 1 is 1.00 bits per heavy atom. The van der Waals surface area contributed by atoms with Gasteiger partial charge in [0.15, 0.2) is 0 Å². The number of carboxylic acids is 1. The van der Waals surface area contributed by atoms with Crippen LogP contribution in [0, 0.1) is 23.2 Å². The first kappa shape index (κ1) is 41.6. The number of unbranched alkanes of at least 4 members (excludes halogenated alkanes) is 6. The Morgan fingerprint density at radius 3 is 2.37 bits per heavy atom. The molecule has 1 aliphatic heterocycles. The molecule has 4 aliphatic rings. The second-order valence-corrected chi connectivity index (χ2v) is 19.3. The number of aliphatic hydroxyl groups is 1. The monoisotopic (exact) mass is 783 g/mol. The number of carbonyl (C=O) groups is 1. The molecule has 0 radical (unpaired) electrons. The summed E-state index contributed by atoms with van der Waals surface area (Å²) in [4.78, 5) is 22.5. The minimum absolute atomic E-state index is 0.0995. The zero-order valence-corrected chi connectivity index (χ0v) is 31.7. The first-order valence-corrected chi connectivity index (χ1v) is 22.1. The summed E-state index contributed by atoms with van der Waals surface area (Å²) >= 11 is 0. The molecule has 9 atom stereocenters. The first-order valence-electron chi connectivity index (χ1n) is 19.1. The van der Waals surface area contributed by atoms with Crippen molar-refractivity contribution in [2.45, 2.75) is 146 Å². The van der Waals surface area contributed by atoms with Gasteiger partial charge in [-0.3, -0.25) is 9.00 Å². The number of benzene rings is 1. The molecule has 1 heterocycles. The molecule has 0 bridgehead atoms. The molecule has 15 heteroatoms. The maximum atomic E-state index is 13.3. The fraction of sp³-hybridized carbons (Fsp3) is 0.811. The van der Waals surface area contributed by atoms with Crippen LogP contribution >= 0.6 is 7.75 Å². The van der Waals surface area contributed by atoms with E-state index < -0.39 is 55.5 Å². The smallest absolute Gasteiger partial charge is 0.459 e. The summed E-state index contributed by atoms with van der Waals surface area (Å²) in [6.45, 7) is 2.43. The fourth-order valence-electron chi connectivity index (χ4n) is 9.83. The van der Waals surface area contributed by atoms with Crippen molar-refractivity contribution in [3.63, 3.8) is 0 Å². The number of fused-ring (bicyclic) bond motifs is 5. The maximum absolute atomic E-state index is 13.3. The standard InChI is InChI=1S/C37H55F5NO7PS/c1-35-19-17-29-28-14-13-27(50-51(47,48)43-20-9-12-31(43)34(45)46)24-26(28)23-25(33(29)30(35)15-16-32(35)44)11-7-5-3-2-4-6-8-21-52(49)22-10-18-36(38,39)37(40,41)42/h13-14,24-25,29-33,44H,2-12,15-23H2,1H3,(H,45,46)(H,47,48)/t25-,29?,30+,31+,32+,33-,35+,52?/m1/s1. The minimum Gasteiger partial charge on any atom is -0.480 e. The second-order valence-electron chi connectivity index (χ2n) is 15.9. The van der Waals surface area contributed by atoms with Gasteiger partial charge in [-0.25, -0.2) is 4.57 Å². The first-order chi connectivity index (χ1) is 24.4. The van der Waals surface area contributed by atoms with E-state index in [2.05, 4.69) is 6.92 Å². The van der Waals surface area contributed by atoms with Gasteiger partial charge in [-0.1, -0.05) is 51.5 Å². The molecule has 3 N–H and O–H groups in total. The fourth-order valence-corrected chi connectivity index (χ4v) is 12.5. The van der Waals surface area contributed by atoms with Crippen molar-refractivity contribution in [1.82, 2.24) is 4.67 Å². The lowest BCUT2D eigenvalue weighted by atomic mass is 9.52. The molecule has 1 saturated heterocycles. The molecule has 0 amide bonds. The molecule has 8 nitrogen and oxygen atoms in total. The Morgan fingerprint density at radius 2 is 1.67 bits per heavy atom. The maximum Gasteiger partial charge on any atom is 0.459 e. The van der Waals surface area contributed by atoms with E-state index in [0.29, 0.717) is 48.7 Å². The van der Waals surface area contributed by atoms with Crippen LogP contribution in [0.5, 0.6) is 5.75 Å². The van der Waals surface area contributed by atoms with Crippen molar-refractivity contribution in [2.24, 2.45) is 23.2 Å². The number of halogens is 5. The summed E-state index contributed by atoms with van der Waals surface area (Å²) in [5.41, 5.74) is 2.25. The Bertz CT molecular complexity index is 1470. The Balaban J connectivity index is 1.12. The van der Waals surface area contributed by atoms with Gasteiger partial charge < -0.3 is 19.6 Å². The molecule has 296 valence electrons. The normalized spacial score (nSPS) is 31.0. The zero-order chi connectivity index (χ0) is 37.9. The molecule has 3 aliphatic carbocycles. The van der Waals surface area contributed by atoms with Crippen LogP contribution in [0.25, 0.3) is 0 Å². The second kappa shape index (κ2) is 17.0. The van der Waals surface area contributed by atoms with Gasteiger partial charge >= 0.3 is 25.8 Å². The van der Waals surface area contributed by atoms with E-state index in [1.165, 1.54) is 5.56 Å². The van der Waals surface area contributed by atoms with Crippen LogP contribution in [0.3, 0.4) is 0 Å². The van der Waals surface area contributed by atoms with E-state index in [1.54, 1.807) is 6.07 Å². The molecular weight excluding hydrogens is 728 g/mol. The van der Waals surface area contributed by atoms with Gasteiger partial charge in [-0.05, 0) is 117 Å². The Kier molecular flexibility index (Phi) is 13.6. The van der Waals surface area contributed by atoms with Crippen molar-refractivity contribution in [3.8, 4) is 5.75 Å². The summed E-state index contributed by atoms with van der Waals surface area (Å²) in [5, 5.41) is 20.6. The lowest BCUT2D eigenvalue weighted by Crippen LogP contribution is -2.47. The van der Waals surface area contributed by atoms with Crippen LogP contribution in [0.4, 0.5) is 22.0 Å². The minimum atomic E-state index is -5.57. The summed E-state index contributed by atoms with van der Waals surface area (Å²) < 4.78 is 95.1. The number of nitrogens with zero attached hydrogens (tertiary/aromatic N) is 1. The van der Waals surface area contributed by atoms with Crippen LogP contribution < -0.4 is 4.52 Å². The van der Waals surface area contributed by atoms with Crippen LogP contribution in [-0.2, 0) is 26.6 Å². The van der Waals surface area contributed by atoms with E-state index in [1.807, 2.05) is 12.1 Å². The highest BCUT2D eigenvalue weighted by Gasteiger charge is 2.57. The Labute approximate surface area is 306 Å². The van der Waals surface area contributed by atoms with Gasteiger partial charge in [0.25, 0.3) is 0 Å². The molecule has 5 rings (SSSR count). The lowest BCUT2D eigenvalue weighted by Gasteiger charge is -2.53. The molecule has 0 aromatic heterocycles. The predicted octanol–water partition coefficient (Wildman–Crippen LogP) is 9.01. The van der Waals surface area contributed by atoms with Crippen LogP contribution in [0.1, 0.15) is 127 Å². The van der Waals surface area contributed by atoms with Crippen LogP contribution in [0.2, 0.25) is 0 Å². The molecule has 3 fully saturated rings. The van der Waals surface area contributed by atoms with E-state index in [-0.39, 0.29) is 29.6 Å². The summed E-state index contributed by atoms with van der Waals surface area (Å²) in [6, 6.07) is 4.57. The van der Waals surface area contributed by atoms with Gasteiger partial charge in [0.2, 0.25) is 0 Å². The van der Waals surface area contributed by atoms with Gasteiger partial charge in [-0.2, -0.15) is 26.6 Å². The number of aliphatic carboxylic acids is 1. The molecular formula is C37H55F5NO7PS. The van der Waals surface area contributed by atoms with Gasteiger partial charge in [-0.15, -0.1) is 0 Å². The third-order valence-corrected chi connectivity index (χ3v) is 15.7. The summed E-state index contributed by atoms with van der Waals surface area (Å²) in [6.07, 6.45) is 5.24. The number of alkyl halides is 5. The molecule has 52 heavy (non-hydrogen) atoms. The average molecular weight is 784 g/mol. The van der Waals surface area contributed by atoms with Crippen molar-refractivity contribution in [1.29, 1.82) is 0 Å². The summed E-state index contributed by atoms with van der Waals surface area (Å²) in [5.74, 6) is -3.90. The van der Waals surface area contributed by atoms with Gasteiger partial charge in [0.05, 0.1) is 6.10 Å². The Hall–Kier alpha value is -1.60. The van der Waals surface area contributed by atoms with E-state index >= 15 is 0 Å². The third kappa shape index (κ3) is 9.43. The third-order valence-electron chi connectivity index (χ3n) is 12.6. The number of carboxylic acid groups (broad SMARTS) is 1. The van der Waals surface area contributed by atoms with Crippen molar-refractivity contribution in [3.05, 3.63) is 29.3 Å². The summed E-state index contributed by atoms with van der Waals surface area (Å²) in [7, 11) is -5.79. The lowest BCUT2D eigenvalue weighted by molar-refractivity contribution is -0.284. The van der Waals surface area contributed by atoms with Crippen LogP contribution in [-0.4, -0.2) is 72.3 Å². The van der Waals surface area contributed by atoms with Gasteiger partial charge in [0, 0.05) is 35.3 Å². The SMILES string of the molecule is C[C@]12CCC3c4ccc(OP(=O)(O)N5CCC[C@H]5C(=O)O)cc4C[C@@H](CCCCCCCCCS(=O)CCCC(F)(F)C(F)(F)F)[C@H]3[C@@H]1CC[C@@H]2O. The van der Waals surface area contributed by atoms with E-state index in [0.717, 1.165) is 87.3 Å². The van der Waals surface area contributed by atoms with Crippen molar-refractivity contribution >= 4 is 24.5 Å². The topological polar surface area (TPSA) is 124 Å². The number of aliphatic hydroxyl groups excluding tert-OH is 1. The van der Waals surface area contributed by atoms with E-state index in [9.17, 15) is 50.6 Å². The molecule has 0 spiro atoms. The highest BCUT2D eigenvalue weighted by Crippen LogP contribution is 2.63. The molecule has 1 aromatic rings. The zero-order valence-electron chi connectivity index (χ0n) is 30.0. The molecule has 2 saturated carbocycles. The molecule has 3 unspecified atom stereocenters. The van der Waals surface area contributed by atoms with Crippen LogP contribution in [0.15, 0.2) is 18.2 Å². The quantitative estimate of drug-likeness (QED) is 0.0766. The number of rotatable bonds is 18. The highest BCUT2D eigenvalue weighted by molar-refractivity contribution is 7.84. The number of hydrogen-bond acceptors (Lipinski definition) is 5. The van der Waals surface area contributed by atoms with Gasteiger partial charge in [0.1, 0.15) is 11.8 Å². The highest BCUT2D eigenvalue weighted by atomic mass is 32.2. The largest absolute Gasteiger partial charge is 0.480 e. The molecule has 1 aromatic carbocycles. The van der Waals surface area contributed by atoms with Crippen molar-refractivity contribution in [2.75, 3.05) is 18.1 Å². The predicted molar refractivity (Wildman–Crippen MR) is 189 cm³/mol.